The second-order valence-electron chi connectivity index (χ2n) is 2.26. The van der Waals surface area contributed by atoms with E-state index in [0.29, 0.717) is 19.0 Å². The molecule has 1 rings (SSSR count). The molecule has 0 aromatic heterocycles. The molecular formula is C5H9FIN. The van der Waals surface area contributed by atoms with E-state index in [9.17, 15) is 4.39 Å². The van der Waals surface area contributed by atoms with E-state index in [0.717, 1.165) is 0 Å². The van der Waals surface area contributed by atoms with Crippen molar-refractivity contribution in [3.63, 3.8) is 0 Å². The van der Waals surface area contributed by atoms with Crippen molar-refractivity contribution in [1.29, 1.82) is 0 Å². The number of halogens is 2. The molecular weight excluding hydrogens is 220 g/mol. The van der Waals surface area contributed by atoms with Crippen molar-refractivity contribution in [3.05, 3.63) is 0 Å². The normalized spacial score (nSPS) is 40.9. The molecule has 8 heavy (non-hydrogen) atoms. The van der Waals surface area contributed by atoms with Crippen LogP contribution in [0.3, 0.4) is 0 Å². The Bertz CT molecular complexity index is 78.5. The zero-order chi connectivity index (χ0) is 6.15. The Kier molecular flexibility index (Phi) is 2.08. The summed E-state index contributed by atoms with van der Waals surface area (Å²) in [6.07, 6.45) is 0.130. The molecule has 48 valence electrons. The van der Waals surface area contributed by atoms with Crippen LogP contribution in [0.2, 0.25) is 0 Å². The van der Waals surface area contributed by atoms with Crippen LogP contribution in [-0.2, 0) is 0 Å². The van der Waals surface area contributed by atoms with Gasteiger partial charge in [-0.3, -0.25) is 0 Å². The van der Waals surface area contributed by atoms with Gasteiger partial charge in [0.1, 0.15) is 6.17 Å². The van der Waals surface area contributed by atoms with Crippen molar-refractivity contribution in [2.24, 2.45) is 0 Å². The van der Waals surface area contributed by atoms with Crippen molar-refractivity contribution in [2.75, 3.05) is 6.54 Å². The quantitative estimate of drug-likeness (QED) is 0.452. The van der Waals surface area contributed by atoms with Crippen molar-refractivity contribution in [3.8, 4) is 0 Å². The first kappa shape index (κ1) is 6.74. The van der Waals surface area contributed by atoms with E-state index in [2.05, 4.69) is 22.9 Å². The first-order chi connectivity index (χ1) is 3.70. The molecule has 0 aromatic rings. The van der Waals surface area contributed by atoms with Crippen molar-refractivity contribution >= 4 is 22.9 Å². The Balaban J connectivity index is 2.39. The molecule has 2 atom stereocenters. The number of hydrogen-bond donors (Lipinski definition) is 0. The average molecular weight is 229 g/mol. The van der Waals surface area contributed by atoms with Gasteiger partial charge in [-0.2, -0.15) is 0 Å². The van der Waals surface area contributed by atoms with Gasteiger partial charge in [-0.05, 0) is 13.3 Å². The Morgan fingerprint density at radius 2 is 2.38 bits per heavy atom. The highest BCUT2D eigenvalue weighted by Gasteiger charge is 2.26. The van der Waals surface area contributed by atoms with E-state index in [4.69, 9.17) is 0 Å². The summed E-state index contributed by atoms with van der Waals surface area (Å²) in [5, 5.41) is 0. The molecule has 0 aromatic carbocycles. The molecule has 1 fully saturated rings. The Morgan fingerprint density at radius 3 is 2.50 bits per heavy atom. The maximum Gasteiger partial charge on any atom is 0.115 e. The summed E-state index contributed by atoms with van der Waals surface area (Å²) in [7, 11) is 0. The van der Waals surface area contributed by atoms with Gasteiger partial charge in [0.25, 0.3) is 0 Å². The Labute approximate surface area is 62.7 Å². The molecule has 1 nitrogen and oxygen atoms in total. The van der Waals surface area contributed by atoms with Crippen LogP contribution in [-0.4, -0.2) is 21.9 Å². The molecule has 0 amide bonds. The molecule has 0 N–H and O–H groups in total. The molecule has 2 unspecified atom stereocenters. The maximum absolute atomic E-state index is 12.4. The fourth-order valence-corrected chi connectivity index (χ4v) is 1.58. The van der Waals surface area contributed by atoms with Gasteiger partial charge in [-0.15, -0.1) is 0 Å². The van der Waals surface area contributed by atoms with Crippen molar-refractivity contribution in [1.82, 2.24) is 3.11 Å². The van der Waals surface area contributed by atoms with Gasteiger partial charge in [0.05, 0.1) is 0 Å². The highest BCUT2D eigenvalue weighted by atomic mass is 127. The predicted molar refractivity (Wildman–Crippen MR) is 39.7 cm³/mol. The lowest BCUT2D eigenvalue weighted by Crippen LogP contribution is -2.14. The van der Waals surface area contributed by atoms with Gasteiger partial charge in [-0.25, -0.2) is 7.50 Å². The molecule has 3 heteroatoms. The summed E-state index contributed by atoms with van der Waals surface area (Å²) < 4.78 is 14.4. The molecule has 0 spiro atoms. The van der Waals surface area contributed by atoms with E-state index >= 15 is 0 Å². The van der Waals surface area contributed by atoms with Crippen LogP contribution >= 0.6 is 22.9 Å². The molecule has 0 saturated carbocycles. The first-order valence-electron chi connectivity index (χ1n) is 2.76. The molecule has 1 heterocycles. The van der Waals surface area contributed by atoms with E-state index in [-0.39, 0.29) is 0 Å². The largest absolute Gasteiger partial charge is 0.246 e. The number of rotatable bonds is 0. The lowest BCUT2D eigenvalue weighted by molar-refractivity contribution is 0.352. The van der Waals surface area contributed by atoms with Crippen LogP contribution < -0.4 is 0 Å². The zero-order valence-electron chi connectivity index (χ0n) is 4.77. The topological polar surface area (TPSA) is 3.24 Å². The van der Waals surface area contributed by atoms with Gasteiger partial charge in [0.15, 0.2) is 0 Å². The minimum absolute atomic E-state index is 0.436. The van der Waals surface area contributed by atoms with Crippen LogP contribution in [0.5, 0.6) is 0 Å². The van der Waals surface area contributed by atoms with Gasteiger partial charge in [-0.1, -0.05) is 0 Å². The van der Waals surface area contributed by atoms with Crippen LogP contribution in [0.15, 0.2) is 0 Å². The monoisotopic (exact) mass is 229 g/mol. The summed E-state index contributed by atoms with van der Waals surface area (Å²) in [4.78, 5) is 0. The molecule has 0 bridgehead atoms. The van der Waals surface area contributed by atoms with Gasteiger partial charge in [0.2, 0.25) is 0 Å². The third-order valence-electron chi connectivity index (χ3n) is 1.45. The van der Waals surface area contributed by atoms with Crippen LogP contribution in [0.4, 0.5) is 4.39 Å². The van der Waals surface area contributed by atoms with E-state index < -0.39 is 6.17 Å². The number of nitrogens with zero attached hydrogens (tertiary/aromatic N) is 1. The maximum atomic E-state index is 12.4. The summed E-state index contributed by atoms with van der Waals surface area (Å²) >= 11 is 2.17. The summed E-state index contributed by atoms with van der Waals surface area (Å²) in [6.45, 7) is 2.66. The van der Waals surface area contributed by atoms with E-state index in [1.165, 1.54) is 0 Å². The standard InChI is InChI=1S/C5H9FIN/c1-4-2-5(6)3-8(4)7/h4-5H,2-3H2,1H3. The zero-order valence-corrected chi connectivity index (χ0v) is 6.93. The second kappa shape index (κ2) is 2.47. The SMILES string of the molecule is CC1CC(F)CN1I. The first-order valence-corrected chi connectivity index (χ1v) is 3.73. The summed E-state index contributed by atoms with van der Waals surface area (Å²) in [5.41, 5.74) is 0. The molecule has 1 saturated heterocycles. The van der Waals surface area contributed by atoms with Gasteiger partial charge < -0.3 is 0 Å². The molecule has 0 aliphatic carbocycles. The van der Waals surface area contributed by atoms with Crippen molar-refractivity contribution in [2.45, 2.75) is 25.6 Å². The Hall–Kier alpha value is 0.620. The third-order valence-corrected chi connectivity index (χ3v) is 2.79. The predicted octanol–water partition coefficient (Wildman–Crippen LogP) is 1.77. The fraction of sp³-hybridized carbons (Fsp3) is 1.00. The van der Waals surface area contributed by atoms with E-state index in [1.807, 2.05) is 10.0 Å². The molecule has 1 aliphatic heterocycles. The highest BCUT2D eigenvalue weighted by molar-refractivity contribution is 14.1. The minimum Gasteiger partial charge on any atom is -0.246 e. The van der Waals surface area contributed by atoms with Crippen LogP contribution in [0, 0.1) is 0 Å². The summed E-state index contributed by atoms with van der Waals surface area (Å²) in [5.74, 6) is 0. The lowest BCUT2D eigenvalue weighted by Gasteiger charge is -2.08. The van der Waals surface area contributed by atoms with Gasteiger partial charge in [0, 0.05) is 35.5 Å². The fourth-order valence-electron chi connectivity index (χ4n) is 0.928. The molecule has 1 aliphatic rings. The summed E-state index contributed by atoms with van der Waals surface area (Å²) in [6, 6.07) is 0.436. The van der Waals surface area contributed by atoms with Crippen LogP contribution in [0.1, 0.15) is 13.3 Å². The highest BCUT2D eigenvalue weighted by Crippen LogP contribution is 2.22. The Morgan fingerprint density at radius 1 is 1.75 bits per heavy atom. The number of alkyl halides is 1. The van der Waals surface area contributed by atoms with E-state index in [1.54, 1.807) is 0 Å². The van der Waals surface area contributed by atoms with Crippen LogP contribution in [0.25, 0.3) is 0 Å². The number of hydrogen-bond acceptors (Lipinski definition) is 1. The second-order valence-corrected chi connectivity index (χ2v) is 3.50. The molecule has 0 radical (unpaired) electrons. The smallest absolute Gasteiger partial charge is 0.115 e. The van der Waals surface area contributed by atoms with Crippen molar-refractivity contribution < 1.29 is 4.39 Å². The minimum atomic E-state index is -0.582. The third kappa shape index (κ3) is 1.31. The average Bonchev–Trinajstić information content (AvgIpc) is 1.85. The lowest BCUT2D eigenvalue weighted by atomic mass is 10.2. The van der Waals surface area contributed by atoms with Gasteiger partial charge >= 0.3 is 0 Å².